The Balaban J connectivity index is 2.84. The minimum atomic E-state index is -0.391. The molecule has 14 heavy (non-hydrogen) atoms. The lowest BCUT2D eigenvalue weighted by atomic mass is 10.3. The maximum atomic E-state index is 10.5. The zero-order valence-corrected chi connectivity index (χ0v) is 10.8. The minimum Gasteiger partial charge on any atom is -0.258 e. The molecule has 0 bridgehead atoms. The molecule has 0 N–H and O–H groups in total. The number of rotatable bonds is 4. The summed E-state index contributed by atoms with van der Waals surface area (Å²) in [5.74, 6) is 1.40. The van der Waals surface area contributed by atoms with Crippen molar-refractivity contribution in [3.63, 3.8) is 0 Å². The average Bonchev–Trinajstić information content (AvgIpc) is 2.15. The van der Waals surface area contributed by atoms with Gasteiger partial charge in [0.05, 0.1) is 4.92 Å². The summed E-state index contributed by atoms with van der Waals surface area (Å²) < 4.78 is 0.895. The maximum Gasteiger partial charge on any atom is 0.270 e. The molecule has 0 radical (unpaired) electrons. The van der Waals surface area contributed by atoms with Crippen LogP contribution < -0.4 is 0 Å². The highest BCUT2D eigenvalue weighted by molar-refractivity contribution is 14.1. The van der Waals surface area contributed by atoms with E-state index in [0.29, 0.717) is 5.88 Å². The van der Waals surface area contributed by atoms with Gasteiger partial charge in [0.2, 0.25) is 0 Å². The number of nitrogens with zero attached hydrogens (tertiary/aromatic N) is 1. The maximum absolute atomic E-state index is 10.5. The number of alkyl halides is 1. The Hall–Kier alpha value is -0.0100. The number of hydrogen-bond donors (Lipinski definition) is 0. The van der Waals surface area contributed by atoms with Crippen molar-refractivity contribution in [3.8, 4) is 0 Å². The summed E-state index contributed by atoms with van der Waals surface area (Å²) in [4.78, 5) is 11.1. The van der Waals surface area contributed by atoms with Crippen molar-refractivity contribution in [2.24, 2.45) is 0 Å². The minimum absolute atomic E-state index is 0.129. The summed E-state index contributed by atoms with van der Waals surface area (Å²) in [5, 5.41) is 10.5. The fourth-order valence-electron chi connectivity index (χ4n) is 0.869. The third kappa shape index (κ3) is 3.29. The Kier molecular flexibility index (Phi) is 4.97. The molecule has 0 heterocycles. The number of non-ortho nitro benzene ring substituents is 1. The molecule has 0 spiro atoms. The molecule has 0 saturated heterocycles. The number of nitro groups is 1. The molecule has 0 unspecified atom stereocenters. The standard InChI is InChI=1S/C8H7ClINO2S/c9-3-4-14-8-2-1-6(11(12)13)5-7(8)10/h1-2,5H,3-4H2. The first-order valence-corrected chi connectivity index (χ1v) is 6.37. The van der Waals surface area contributed by atoms with Gasteiger partial charge in [-0.1, -0.05) is 0 Å². The molecule has 76 valence electrons. The Morgan fingerprint density at radius 2 is 2.29 bits per heavy atom. The van der Waals surface area contributed by atoms with Crippen LogP contribution in [0.25, 0.3) is 0 Å². The SMILES string of the molecule is O=[N+]([O-])c1ccc(SCCCl)c(I)c1. The van der Waals surface area contributed by atoms with Gasteiger partial charge < -0.3 is 0 Å². The van der Waals surface area contributed by atoms with Crippen molar-refractivity contribution in [2.45, 2.75) is 4.90 Å². The highest BCUT2D eigenvalue weighted by Crippen LogP contribution is 2.27. The van der Waals surface area contributed by atoms with Gasteiger partial charge in [0.1, 0.15) is 0 Å². The van der Waals surface area contributed by atoms with E-state index in [-0.39, 0.29) is 5.69 Å². The molecule has 3 nitrogen and oxygen atoms in total. The fourth-order valence-corrected chi connectivity index (χ4v) is 2.72. The van der Waals surface area contributed by atoms with Gasteiger partial charge in [0.15, 0.2) is 0 Å². The molecule has 0 aliphatic carbocycles. The predicted octanol–water partition coefficient (Wildman–Crippen LogP) is 3.53. The van der Waals surface area contributed by atoms with Gasteiger partial charge in [-0.25, -0.2) is 0 Å². The van der Waals surface area contributed by atoms with E-state index in [0.717, 1.165) is 14.2 Å². The molecular formula is C8H7ClINO2S. The first-order chi connectivity index (χ1) is 6.65. The quantitative estimate of drug-likeness (QED) is 0.276. The molecule has 6 heteroatoms. The lowest BCUT2D eigenvalue weighted by molar-refractivity contribution is -0.385. The molecule has 0 aliphatic rings. The predicted molar refractivity (Wildman–Crippen MR) is 67.3 cm³/mol. The largest absolute Gasteiger partial charge is 0.270 e. The topological polar surface area (TPSA) is 43.1 Å². The third-order valence-corrected chi connectivity index (χ3v) is 4.21. The van der Waals surface area contributed by atoms with Crippen LogP contribution in [-0.4, -0.2) is 16.6 Å². The van der Waals surface area contributed by atoms with Crippen LogP contribution in [-0.2, 0) is 0 Å². The summed E-state index contributed by atoms with van der Waals surface area (Å²) in [6, 6.07) is 4.84. The summed E-state index contributed by atoms with van der Waals surface area (Å²) in [5.41, 5.74) is 0.129. The molecule has 1 rings (SSSR count). The lowest BCUT2D eigenvalue weighted by Gasteiger charge is -2.01. The van der Waals surface area contributed by atoms with Crippen LogP contribution in [0.1, 0.15) is 0 Å². The van der Waals surface area contributed by atoms with Crippen LogP contribution in [0, 0.1) is 13.7 Å². The lowest BCUT2D eigenvalue weighted by Crippen LogP contribution is -1.90. The van der Waals surface area contributed by atoms with Crippen LogP contribution >= 0.6 is 46.0 Å². The molecule has 0 atom stereocenters. The van der Waals surface area contributed by atoms with Crippen molar-refractivity contribution in [1.82, 2.24) is 0 Å². The van der Waals surface area contributed by atoms with E-state index in [1.807, 2.05) is 0 Å². The molecular weight excluding hydrogens is 337 g/mol. The highest BCUT2D eigenvalue weighted by Gasteiger charge is 2.08. The van der Waals surface area contributed by atoms with Crippen molar-refractivity contribution < 1.29 is 4.92 Å². The van der Waals surface area contributed by atoms with E-state index in [1.54, 1.807) is 23.9 Å². The van der Waals surface area contributed by atoms with E-state index in [1.165, 1.54) is 6.07 Å². The molecule has 0 aromatic heterocycles. The summed E-state index contributed by atoms with van der Waals surface area (Å²) in [6.45, 7) is 0. The van der Waals surface area contributed by atoms with Crippen LogP contribution in [0.15, 0.2) is 23.1 Å². The molecule has 0 amide bonds. The van der Waals surface area contributed by atoms with Gasteiger partial charge in [-0.05, 0) is 28.7 Å². The first-order valence-electron chi connectivity index (χ1n) is 3.78. The van der Waals surface area contributed by atoms with Crippen LogP contribution in [0.5, 0.6) is 0 Å². The molecule has 1 aromatic carbocycles. The average molecular weight is 344 g/mol. The van der Waals surface area contributed by atoms with Gasteiger partial charge in [-0.2, -0.15) is 0 Å². The zero-order valence-electron chi connectivity index (χ0n) is 7.07. The molecule has 1 aromatic rings. The van der Waals surface area contributed by atoms with E-state index in [4.69, 9.17) is 11.6 Å². The molecule has 0 fully saturated rings. The van der Waals surface area contributed by atoms with E-state index in [2.05, 4.69) is 22.6 Å². The van der Waals surface area contributed by atoms with Crippen molar-refractivity contribution >= 4 is 51.6 Å². The van der Waals surface area contributed by atoms with E-state index < -0.39 is 4.92 Å². The monoisotopic (exact) mass is 343 g/mol. The first kappa shape index (κ1) is 12.1. The number of thioether (sulfide) groups is 1. The van der Waals surface area contributed by atoms with Gasteiger partial charge in [0.25, 0.3) is 5.69 Å². The Bertz CT molecular complexity index is 348. The Morgan fingerprint density at radius 1 is 1.57 bits per heavy atom. The second-order valence-electron chi connectivity index (χ2n) is 2.41. The number of halogens is 2. The van der Waals surface area contributed by atoms with E-state index >= 15 is 0 Å². The normalized spacial score (nSPS) is 10.1. The zero-order chi connectivity index (χ0) is 10.6. The smallest absolute Gasteiger partial charge is 0.258 e. The van der Waals surface area contributed by atoms with Gasteiger partial charge in [-0.3, -0.25) is 10.1 Å². The van der Waals surface area contributed by atoms with Crippen molar-refractivity contribution in [1.29, 1.82) is 0 Å². The second kappa shape index (κ2) is 5.77. The van der Waals surface area contributed by atoms with Crippen molar-refractivity contribution in [3.05, 3.63) is 31.9 Å². The number of benzene rings is 1. The summed E-state index contributed by atoms with van der Waals surface area (Å²) >= 11 is 9.25. The summed E-state index contributed by atoms with van der Waals surface area (Å²) in [7, 11) is 0. The van der Waals surface area contributed by atoms with E-state index in [9.17, 15) is 10.1 Å². The van der Waals surface area contributed by atoms with Gasteiger partial charge in [-0.15, -0.1) is 23.4 Å². The Labute approximate surface area is 105 Å². The second-order valence-corrected chi connectivity index (χ2v) is 5.09. The fraction of sp³-hybridized carbons (Fsp3) is 0.250. The van der Waals surface area contributed by atoms with Gasteiger partial charge in [0, 0.05) is 32.2 Å². The van der Waals surface area contributed by atoms with Crippen molar-refractivity contribution in [2.75, 3.05) is 11.6 Å². The number of nitro benzene ring substituents is 1. The number of hydrogen-bond acceptors (Lipinski definition) is 3. The van der Waals surface area contributed by atoms with Crippen LogP contribution in [0.3, 0.4) is 0 Å². The molecule has 0 saturated carbocycles. The summed E-state index contributed by atoms with van der Waals surface area (Å²) in [6.07, 6.45) is 0. The Morgan fingerprint density at radius 3 is 2.79 bits per heavy atom. The van der Waals surface area contributed by atoms with Gasteiger partial charge >= 0.3 is 0 Å². The highest BCUT2D eigenvalue weighted by atomic mass is 127. The van der Waals surface area contributed by atoms with Crippen LogP contribution in [0.4, 0.5) is 5.69 Å². The van der Waals surface area contributed by atoms with Crippen LogP contribution in [0.2, 0.25) is 0 Å². The third-order valence-electron chi connectivity index (χ3n) is 1.46. The molecule has 0 aliphatic heterocycles.